The van der Waals surface area contributed by atoms with Gasteiger partial charge >= 0.3 is 0 Å². The highest BCUT2D eigenvalue weighted by Gasteiger charge is 2.21. The van der Waals surface area contributed by atoms with Gasteiger partial charge in [0.1, 0.15) is 0 Å². The lowest BCUT2D eigenvalue weighted by Gasteiger charge is -2.20. The molecule has 106 valence electrons. The van der Waals surface area contributed by atoms with Crippen LogP contribution in [0.5, 0.6) is 0 Å². The van der Waals surface area contributed by atoms with Crippen LogP contribution in [0.2, 0.25) is 0 Å². The minimum absolute atomic E-state index is 0.0108. The van der Waals surface area contributed by atoms with Gasteiger partial charge in [-0.15, -0.1) is 0 Å². The molecule has 21 heavy (non-hydrogen) atoms. The average molecular weight is 281 g/mol. The molecular weight excluding hydrogens is 266 g/mol. The van der Waals surface area contributed by atoms with Gasteiger partial charge in [0.25, 0.3) is 5.89 Å². The maximum absolute atomic E-state index is 5.42. The molecule has 1 N–H and O–H groups in total. The summed E-state index contributed by atoms with van der Waals surface area (Å²) < 4.78 is 10.8. The number of nitrogens with one attached hydrogen (secondary N) is 1. The molecule has 4 rings (SSSR count). The Morgan fingerprint density at radius 3 is 2.86 bits per heavy atom. The molecule has 0 unspecified atom stereocenters. The highest BCUT2D eigenvalue weighted by atomic mass is 16.5. The van der Waals surface area contributed by atoms with Gasteiger partial charge < -0.3 is 14.6 Å². The van der Waals surface area contributed by atoms with Crippen LogP contribution in [0.3, 0.4) is 0 Å². The zero-order chi connectivity index (χ0) is 14.1. The molecule has 5 heteroatoms. The van der Waals surface area contributed by atoms with Crippen molar-refractivity contribution in [3.8, 4) is 11.5 Å². The first-order chi connectivity index (χ1) is 10.4. The van der Waals surface area contributed by atoms with Crippen LogP contribution in [-0.4, -0.2) is 29.9 Å². The zero-order valence-electron chi connectivity index (χ0n) is 11.5. The van der Waals surface area contributed by atoms with Crippen LogP contribution in [-0.2, 0) is 4.74 Å². The normalized spacial score (nSPS) is 19.0. The number of hydrogen-bond donors (Lipinski definition) is 1. The van der Waals surface area contributed by atoms with Crippen LogP contribution in [0.4, 0.5) is 0 Å². The molecule has 0 bridgehead atoms. The van der Waals surface area contributed by atoms with Crippen LogP contribution >= 0.6 is 0 Å². The Morgan fingerprint density at radius 2 is 2.00 bits per heavy atom. The van der Waals surface area contributed by atoms with E-state index in [1.807, 2.05) is 18.2 Å². The van der Waals surface area contributed by atoms with Crippen molar-refractivity contribution in [3.05, 3.63) is 48.3 Å². The third-order valence-electron chi connectivity index (χ3n) is 3.67. The summed E-state index contributed by atoms with van der Waals surface area (Å²) in [6, 6.07) is 14.4. The maximum atomic E-state index is 5.42. The minimum Gasteiger partial charge on any atom is -0.378 e. The van der Waals surface area contributed by atoms with Crippen molar-refractivity contribution in [2.45, 2.75) is 6.04 Å². The van der Waals surface area contributed by atoms with E-state index in [1.165, 1.54) is 5.39 Å². The topological polar surface area (TPSA) is 60.2 Å². The van der Waals surface area contributed by atoms with Gasteiger partial charge in [-0.25, -0.2) is 0 Å². The number of rotatable bonds is 2. The predicted molar refractivity (Wildman–Crippen MR) is 78.8 cm³/mol. The fourth-order valence-corrected chi connectivity index (χ4v) is 2.55. The lowest BCUT2D eigenvalue weighted by molar-refractivity contribution is 0.0734. The third kappa shape index (κ3) is 2.41. The fourth-order valence-electron chi connectivity index (χ4n) is 2.55. The number of fused-ring (bicyclic) bond motifs is 1. The number of benzene rings is 2. The van der Waals surface area contributed by atoms with E-state index in [4.69, 9.17) is 9.26 Å². The van der Waals surface area contributed by atoms with Gasteiger partial charge in [0, 0.05) is 12.1 Å². The number of ether oxygens (including phenoxy) is 1. The second-order valence-electron chi connectivity index (χ2n) is 5.10. The number of morpholine rings is 1. The molecule has 3 aromatic rings. The SMILES string of the molecule is c1ccc2cc(-c3nc([C@@H]4COCCN4)no3)ccc2c1. The summed E-state index contributed by atoms with van der Waals surface area (Å²) in [6.07, 6.45) is 0. The Bertz CT molecular complexity index is 763. The van der Waals surface area contributed by atoms with Crippen molar-refractivity contribution < 1.29 is 9.26 Å². The van der Waals surface area contributed by atoms with Crippen molar-refractivity contribution in [2.75, 3.05) is 19.8 Å². The van der Waals surface area contributed by atoms with Gasteiger partial charge in [-0.3, -0.25) is 0 Å². The predicted octanol–water partition coefficient (Wildman–Crippen LogP) is 2.55. The van der Waals surface area contributed by atoms with Gasteiger partial charge in [0.15, 0.2) is 5.82 Å². The molecule has 0 saturated carbocycles. The fraction of sp³-hybridized carbons (Fsp3) is 0.250. The molecule has 1 aliphatic heterocycles. The molecule has 1 fully saturated rings. The molecule has 1 atom stereocenters. The van der Waals surface area contributed by atoms with E-state index in [0.29, 0.717) is 18.3 Å². The van der Waals surface area contributed by atoms with E-state index in [-0.39, 0.29) is 6.04 Å². The number of aromatic nitrogens is 2. The van der Waals surface area contributed by atoms with E-state index in [0.717, 1.165) is 24.1 Å². The molecule has 2 heterocycles. The lowest BCUT2D eigenvalue weighted by Crippen LogP contribution is -2.35. The lowest BCUT2D eigenvalue weighted by atomic mass is 10.1. The molecular formula is C16H15N3O2. The smallest absolute Gasteiger partial charge is 0.258 e. The van der Waals surface area contributed by atoms with E-state index in [9.17, 15) is 0 Å². The van der Waals surface area contributed by atoms with E-state index in [2.05, 4.69) is 39.7 Å². The average Bonchev–Trinajstić information content (AvgIpc) is 3.05. The van der Waals surface area contributed by atoms with Crippen molar-refractivity contribution >= 4 is 10.8 Å². The summed E-state index contributed by atoms with van der Waals surface area (Å²) in [4.78, 5) is 4.49. The van der Waals surface area contributed by atoms with Crippen molar-refractivity contribution in [3.63, 3.8) is 0 Å². The molecule has 0 aliphatic carbocycles. The van der Waals surface area contributed by atoms with Crippen LogP contribution in [0, 0.1) is 0 Å². The number of nitrogens with zero attached hydrogens (tertiary/aromatic N) is 2. The molecule has 2 aromatic carbocycles. The zero-order valence-corrected chi connectivity index (χ0v) is 11.5. The summed E-state index contributed by atoms with van der Waals surface area (Å²) >= 11 is 0. The first kappa shape index (κ1) is 12.5. The van der Waals surface area contributed by atoms with E-state index in [1.54, 1.807) is 0 Å². The molecule has 1 aromatic heterocycles. The van der Waals surface area contributed by atoms with Gasteiger partial charge in [-0.1, -0.05) is 35.5 Å². The molecule has 1 aliphatic rings. The standard InChI is InChI=1S/C16H15N3O2/c1-2-4-12-9-13(6-5-11(12)3-1)16-18-15(19-21-16)14-10-20-8-7-17-14/h1-6,9,14,17H,7-8,10H2/t14-/m0/s1. The molecule has 0 spiro atoms. The van der Waals surface area contributed by atoms with Crippen LogP contribution in [0.1, 0.15) is 11.9 Å². The Labute approximate surface area is 121 Å². The van der Waals surface area contributed by atoms with E-state index < -0.39 is 0 Å². The van der Waals surface area contributed by atoms with Crippen molar-refractivity contribution in [1.29, 1.82) is 0 Å². The second kappa shape index (κ2) is 5.27. The van der Waals surface area contributed by atoms with Gasteiger partial charge in [-0.2, -0.15) is 4.98 Å². The van der Waals surface area contributed by atoms with Crippen molar-refractivity contribution in [1.82, 2.24) is 15.5 Å². The largest absolute Gasteiger partial charge is 0.378 e. The first-order valence-electron chi connectivity index (χ1n) is 7.04. The van der Waals surface area contributed by atoms with Crippen LogP contribution in [0.15, 0.2) is 47.0 Å². The third-order valence-corrected chi connectivity index (χ3v) is 3.67. The minimum atomic E-state index is 0.0108. The monoisotopic (exact) mass is 281 g/mol. The highest BCUT2D eigenvalue weighted by Crippen LogP contribution is 2.24. The summed E-state index contributed by atoms with van der Waals surface area (Å²) in [5.41, 5.74) is 0.934. The molecule has 1 saturated heterocycles. The Hall–Kier alpha value is -2.24. The summed E-state index contributed by atoms with van der Waals surface area (Å²) in [6.45, 7) is 2.12. The summed E-state index contributed by atoms with van der Waals surface area (Å²) in [5, 5.41) is 9.75. The van der Waals surface area contributed by atoms with Gasteiger partial charge in [-0.05, 0) is 22.9 Å². The van der Waals surface area contributed by atoms with Gasteiger partial charge in [0.2, 0.25) is 0 Å². The van der Waals surface area contributed by atoms with Crippen LogP contribution in [0.25, 0.3) is 22.2 Å². The summed E-state index contributed by atoms with van der Waals surface area (Å²) in [5.74, 6) is 1.20. The van der Waals surface area contributed by atoms with E-state index >= 15 is 0 Å². The Kier molecular flexibility index (Phi) is 3.14. The van der Waals surface area contributed by atoms with Crippen molar-refractivity contribution in [2.24, 2.45) is 0 Å². The number of hydrogen-bond acceptors (Lipinski definition) is 5. The Morgan fingerprint density at radius 1 is 1.10 bits per heavy atom. The molecule has 0 radical (unpaired) electrons. The molecule has 5 nitrogen and oxygen atoms in total. The second-order valence-corrected chi connectivity index (χ2v) is 5.10. The molecule has 0 amide bonds. The quantitative estimate of drug-likeness (QED) is 0.782. The summed E-state index contributed by atoms with van der Waals surface area (Å²) in [7, 11) is 0. The van der Waals surface area contributed by atoms with Crippen LogP contribution < -0.4 is 5.32 Å². The van der Waals surface area contributed by atoms with Gasteiger partial charge in [0.05, 0.1) is 19.3 Å². The Balaban J connectivity index is 1.67. The maximum Gasteiger partial charge on any atom is 0.258 e. The first-order valence-corrected chi connectivity index (χ1v) is 7.04. The highest BCUT2D eigenvalue weighted by molar-refractivity contribution is 5.86.